The summed E-state index contributed by atoms with van der Waals surface area (Å²) in [5.74, 6) is -1.16. The normalized spacial score (nSPS) is 27.5. The van der Waals surface area contributed by atoms with E-state index in [9.17, 15) is 9.59 Å². The van der Waals surface area contributed by atoms with E-state index < -0.39 is 11.4 Å². The van der Waals surface area contributed by atoms with E-state index in [1.807, 2.05) is 7.05 Å². The monoisotopic (exact) mass is 240 g/mol. The molecule has 1 aliphatic heterocycles. The van der Waals surface area contributed by atoms with E-state index >= 15 is 0 Å². The molecule has 5 nitrogen and oxygen atoms in total. The predicted octanol–water partition coefficient (Wildman–Crippen LogP) is 0.404. The Hall–Kier alpha value is -1.10. The zero-order valence-electron chi connectivity index (χ0n) is 10.5. The number of piperidine rings is 1. The topological polar surface area (TPSA) is 60.9 Å². The third-order valence-corrected chi connectivity index (χ3v) is 4.04. The van der Waals surface area contributed by atoms with Gasteiger partial charge in [0.2, 0.25) is 5.91 Å². The minimum Gasteiger partial charge on any atom is -0.480 e. The molecule has 0 aromatic rings. The van der Waals surface area contributed by atoms with Gasteiger partial charge in [-0.25, -0.2) is 0 Å². The first-order valence-electron chi connectivity index (χ1n) is 6.16. The van der Waals surface area contributed by atoms with E-state index in [2.05, 4.69) is 4.90 Å². The van der Waals surface area contributed by atoms with Gasteiger partial charge in [-0.2, -0.15) is 0 Å². The summed E-state index contributed by atoms with van der Waals surface area (Å²) in [6, 6.07) is 0.165. The summed E-state index contributed by atoms with van der Waals surface area (Å²) in [4.78, 5) is 27.2. The van der Waals surface area contributed by atoms with Crippen LogP contribution in [0.15, 0.2) is 0 Å². The number of carboxylic acids is 1. The highest BCUT2D eigenvalue weighted by Gasteiger charge is 2.58. The fourth-order valence-corrected chi connectivity index (χ4v) is 2.60. The number of carboxylic acid groups (broad SMARTS) is 1. The largest absolute Gasteiger partial charge is 0.480 e. The second-order valence-corrected chi connectivity index (χ2v) is 5.36. The molecule has 0 radical (unpaired) electrons. The molecule has 2 aliphatic rings. The lowest BCUT2D eigenvalue weighted by Crippen LogP contribution is -2.50. The van der Waals surface area contributed by atoms with Crippen molar-refractivity contribution in [3.63, 3.8) is 0 Å². The number of amides is 1. The van der Waals surface area contributed by atoms with Crippen molar-refractivity contribution in [2.45, 2.75) is 31.7 Å². The molecule has 17 heavy (non-hydrogen) atoms. The van der Waals surface area contributed by atoms with Crippen LogP contribution in [0.2, 0.25) is 0 Å². The van der Waals surface area contributed by atoms with Gasteiger partial charge >= 0.3 is 5.97 Å². The van der Waals surface area contributed by atoms with Crippen LogP contribution in [0.3, 0.4) is 0 Å². The number of carbonyl (C=O) groups is 2. The number of likely N-dealkylation sites (tertiary alicyclic amines) is 1. The lowest BCUT2D eigenvalue weighted by Gasteiger charge is -2.36. The Morgan fingerprint density at radius 2 is 2.06 bits per heavy atom. The first-order valence-corrected chi connectivity index (χ1v) is 6.16. The molecule has 0 spiro atoms. The second kappa shape index (κ2) is 4.29. The molecule has 5 heteroatoms. The number of aliphatic carboxylic acids is 1. The maximum atomic E-state index is 12.2. The van der Waals surface area contributed by atoms with Crippen LogP contribution in [-0.4, -0.2) is 60.0 Å². The Bertz CT molecular complexity index is 339. The van der Waals surface area contributed by atoms with Crippen molar-refractivity contribution in [2.75, 3.05) is 27.2 Å². The Morgan fingerprint density at radius 3 is 2.53 bits per heavy atom. The molecule has 1 unspecified atom stereocenters. The number of hydrogen-bond acceptors (Lipinski definition) is 3. The van der Waals surface area contributed by atoms with Crippen LogP contribution in [0.5, 0.6) is 0 Å². The molecule has 0 aromatic heterocycles. The van der Waals surface area contributed by atoms with Gasteiger partial charge in [0, 0.05) is 19.6 Å². The van der Waals surface area contributed by atoms with Crippen molar-refractivity contribution in [3.05, 3.63) is 0 Å². The van der Waals surface area contributed by atoms with Crippen molar-refractivity contribution in [3.8, 4) is 0 Å². The number of carbonyl (C=O) groups excluding carboxylic acids is 1. The van der Waals surface area contributed by atoms with Gasteiger partial charge in [0.1, 0.15) is 5.41 Å². The highest BCUT2D eigenvalue weighted by Crippen LogP contribution is 2.47. The molecule has 1 heterocycles. The summed E-state index contributed by atoms with van der Waals surface area (Å²) < 4.78 is 0. The molecule has 1 aliphatic carbocycles. The third kappa shape index (κ3) is 2.16. The van der Waals surface area contributed by atoms with Gasteiger partial charge in [0.25, 0.3) is 0 Å². The van der Waals surface area contributed by atoms with Gasteiger partial charge in [-0.3, -0.25) is 9.59 Å². The van der Waals surface area contributed by atoms with Crippen molar-refractivity contribution in [1.29, 1.82) is 0 Å². The zero-order chi connectivity index (χ0) is 12.6. The molecule has 0 bridgehead atoms. The smallest absolute Gasteiger partial charge is 0.319 e. The standard InChI is InChI=1S/C12H20N2O3/c1-13-7-3-4-9(8-13)14(2)10(15)12(5-6-12)11(16)17/h9H,3-8H2,1-2H3,(H,16,17). The second-order valence-electron chi connectivity index (χ2n) is 5.36. The van der Waals surface area contributed by atoms with Crippen molar-refractivity contribution in [2.24, 2.45) is 5.41 Å². The minimum atomic E-state index is -1.09. The van der Waals surface area contributed by atoms with E-state index in [1.54, 1.807) is 11.9 Å². The van der Waals surface area contributed by atoms with E-state index in [-0.39, 0.29) is 11.9 Å². The average molecular weight is 240 g/mol. The van der Waals surface area contributed by atoms with E-state index in [0.717, 1.165) is 25.9 Å². The van der Waals surface area contributed by atoms with Crippen LogP contribution in [-0.2, 0) is 9.59 Å². The van der Waals surface area contributed by atoms with Gasteiger partial charge in [0.15, 0.2) is 0 Å². The van der Waals surface area contributed by atoms with Crippen LogP contribution in [0.4, 0.5) is 0 Å². The lowest BCUT2D eigenvalue weighted by atomic mass is 10.0. The Kier molecular flexibility index (Phi) is 3.12. The predicted molar refractivity (Wildman–Crippen MR) is 62.6 cm³/mol. The Morgan fingerprint density at radius 1 is 1.41 bits per heavy atom. The molecule has 1 saturated heterocycles. The maximum Gasteiger partial charge on any atom is 0.319 e. The number of hydrogen-bond donors (Lipinski definition) is 1. The quantitative estimate of drug-likeness (QED) is 0.726. The van der Waals surface area contributed by atoms with Crippen molar-refractivity contribution >= 4 is 11.9 Å². The van der Waals surface area contributed by atoms with E-state index in [4.69, 9.17) is 5.11 Å². The summed E-state index contributed by atoms with van der Waals surface area (Å²) in [6.07, 6.45) is 3.03. The minimum absolute atomic E-state index is 0.165. The molecule has 2 fully saturated rings. The van der Waals surface area contributed by atoms with E-state index in [0.29, 0.717) is 12.8 Å². The molecule has 2 rings (SSSR count). The van der Waals surface area contributed by atoms with Gasteiger partial charge in [-0.15, -0.1) is 0 Å². The van der Waals surface area contributed by atoms with Crippen LogP contribution >= 0.6 is 0 Å². The Labute approximate surface area is 101 Å². The van der Waals surface area contributed by atoms with Gasteiger partial charge < -0.3 is 14.9 Å². The molecule has 96 valence electrons. The van der Waals surface area contributed by atoms with Crippen LogP contribution in [0.1, 0.15) is 25.7 Å². The van der Waals surface area contributed by atoms with Gasteiger partial charge in [-0.05, 0) is 39.3 Å². The number of nitrogens with zero attached hydrogens (tertiary/aromatic N) is 2. The molecular weight excluding hydrogens is 220 g/mol. The van der Waals surface area contributed by atoms with Gasteiger partial charge in [-0.1, -0.05) is 0 Å². The van der Waals surface area contributed by atoms with Crippen LogP contribution in [0, 0.1) is 5.41 Å². The summed E-state index contributed by atoms with van der Waals surface area (Å²) in [5, 5.41) is 9.12. The fourth-order valence-electron chi connectivity index (χ4n) is 2.60. The average Bonchev–Trinajstić information content (AvgIpc) is 3.08. The molecule has 0 aromatic carbocycles. The molecule has 1 atom stereocenters. The SMILES string of the molecule is CN1CCCC(N(C)C(=O)C2(C(=O)O)CC2)C1. The third-order valence-electron chi connectivity index (χ3n) is 4.04. The Balaban J connectivity index is 2.02. The highest BCUT2D eigenvalue weighted by molar-refractivity contribution is 6.04. The summed E-state index contributed by atoms with van der Waals surface area (Å²) >= 11 is 0. The summed E-state index contributed by atoms with van der Waals surface area (Å²) in [7, 11) is 3.78. The molecule has 1 amide bonds. The highest BCUT2D eigenvalue weighted by atomic mass is 16.4. The first-order chi connectivity index (χ1) is 7.97. The summed E-state index contributed by atoms with van der Waals surface area (Å²) in [6.45, 7) is 1.90. The van der Waals surface area contributed by atoms with Crippen LogP contribution < -0.4 is 0 Å². The molecule has 1 N–H and O–H groups in total. The lowest BCUT2D eigenvalue weighted by molar-refractivity contribution is -0.154. The van der Waals surface area contributed by atoms with E-state index in [1.165, 1.54) is 0 Å². The molecular formula is C12H20N2O3. The first kappa shape index (κ1) is 12.4. The maximum absolute atomic E-state index is 12.2. The van der Waals surface area contributed by atoms with Crippen molar-refractivity contribution < 1.29 is 14.7 Å². The number of rotatable bonds is 3. The molecule has 1 saturated carbocycles. The van der Waals surface area contributed by atoms with Crippen LogP contribution in [0.25, 0.3) is 0 Å². The van der Waals surface area contributed by atoms with Gasteiger partial charge in [0.05, 0.1) is 0 Å². The fraction of sp³-hybridized carbons (Fsp3) is 0.833. The number of likely N-dealkylation sites (N-methyl/N-ethyl adjacent to an activating group) is 2. The summed E-state index contributed by atoms with van der Waals surface area (Å²) in [5.41, 5.74) is -1.09. The van der Waals surface area contributed by atoms with Crippen molar-refractivity contribution in [1.82, 2.24) is 9.80 Å². The zero-order valence-corrected chi connectivity index (χ0v) is 10.5.